The second kappa shape index (κ2) is 11.9. The van der Waals surface area contributed by atoms with Gasteiger partial charge in [-0.05, 0) is 44.0 Å². The lowest BCUT2D eigenvalue weighted by Crippen LogP contribution is -2.30. The minimum atomic E-state index is -0.123. The van der Waals surface area contributed by atoms with Gasteiger partial charge >= 0.3 is 0 Å². The van der Waals surface area contributed by atoms with Gasteiger partial charge in [0.1, 0.15) is 11.5 Å². The summed E-state index contributed by atoms with van der Waals surface area (Å²) in [4.78, 5) is 11.6. The molecule has 124 valence electrons. The van der Waals surface area contributed by atoms with Crippen LogP contribution in [0.15, 0.2) is 24.3 Å². The first-order valence-electron chi connectivity index (χ1n) is 7.96. The molecule has 0 bridgehead atoms. The summed E-state index contributed by atoms with van der Waals surface area (Å²) in [7, 11) is 0. The zero-order chi connectivity index (χ0) is 16.0. The molecule has 0 saturated heterocycles. The van der Waals surface area contributed by atoms with E-state index in [0.717, 1.165) is 31.6 Å². The molecule has 1 amide bonds. The highest BCUT2D eigenvalue weighted by Crippen LogP contribution is 2.17. The average molecular weight is 309 g/mol. The number of amides is 1. The Morgan fingerprint density at radius 2 is 1.64 bits per heavy atom. The average Bonchev–Trinajstić information content (AvgIpc) is 2.54. The molecule has 0 spiro atoms. The van der Waals surface area contributed by atoms with E-state index in [0.29, 0.717) is 25.5 Å². The second-order valence-electron chi connectivity index (χ2n) is 4.86. The van der Waals surface area contributed by atoms with Gasteiger partial charge in [0.25, 0.3) is 5.91 Å². The molecule has 1 rings (SSSR count). The fourth-order valence-corrected chi connectivity index (χ4v) is 1.75. The number of carbonyl (C=O) groups excluding carboxylic acids is 1. The third-order valence-electron chi connectivity index (χ3n) is 2.93. The van der Waals surface area contributed by atoms with Crippen molar-refractivity contribution in [2.45, 2.75) is 33.1 Å². The monoisotopic (exact) mass is 309 g/mol. The third kappa shape index (κ3) is 8.52. The quantitative estimate of drug-likeness (QED) is 0.603. The van der Waals surface area contributed by atoms with Gasteiger partial charge in [-0.25, -0.2) is 0 Å². The highest BCUT2D eigenvalue weighted by molar-refractivity contribution is 5.77. The number of rotatable bonds is 12. The van der Waals surface area contributed by atoms with E-state index < -0.39 is 0 Å². The van der Waals surface area contributed by atoms with Crippen LogP contribution in [0.5, 0.6) is 11.5 Å². The molecule has 0 radical (unpaired) electrons. The summed E-state index contributed by atoms with van der Waals surface area (Å²) in [5.41, 5.74) is 0. The zero-order valence-corrected chi connectivity index (χ0v) is 13.6. The Balaban J connectivity index is 2.07. The maximum absolute atomic E-state index is 11.6. The van der Waals surface area contributed by atoms with E-state index in [9.17, 15) is 4.79 Å². The first-order chi connectivity index (χ1) is 10.8. The summed E-state index contributed by atoms with van der Waals surface area (Å²) in [6, 6.07) is 7.23. The minimum Gasteiger partial charge on any atom is -0.494 e. The lowest BCUT2D eigenvalue weighted by Gasteiger charge is -2.08. The van der Waals surface area contributed by atoms with Crippen LogP contribution in [-0.2, 0) is 9.53 Å². The summed E-state index contributed by atoms with van der Waals surface area (Å²) in [6.07, 6.45) is 3.04. The predicted octanol–water partition coefficient (Wildman–Crippen LogP) is 2.79. The summed E-state index contributed by atoms with van der Waals surface area (Å²) < 4.78 is 16.2. The summed E-state index contributed by atoms with van der Waals surface area (Å²) in [5.74, 6) is 1.33. The van der Waals surface area contributed by atoms with E-state index in [1.165, 1.54) is 0 Å². The maximum Gasteiger partial charge on any atom is 0.257 e. The van der Waals surface area contributed by atoms with Gasteiger partial charge in [-0.1, -0.05) is 13.3 Å². The van der Waals surface area contributed by atoms with Crippen LogP contribution < -0.4 is 14.8 Å². The van der Waals surface area contributed by atoms with Crippen LogP contribution >= 0.6 is 0 Å². The first-order valence-corrected chi connectivity index (χ1v) is 7.96. The molecule has 5 nitrogen and oxygen atoms in total. The van der Waals surface area contributed by atoms with Crippen molar-refractivity contribution in [2.75, 3.05) is 33.0 Å². The Morgan fingerprint density at radius 1 is 1.00 bits per heavy atom. The Kier molecular flexibility index (Phi) is 9.87. The molecule has 0 unspecified atom stereocenters. The van der Waals surface area contributed by atoms with Crippen molar-refractivity contribution in [3.8, 4) is 11.5 Å². The number of hydrogen-bond acceptors (Lipinski definition) is 4. The van der Waals surface area contributed by atoms with Crippen molar-refractivity contribution >= 4 is 5.91 Å². The largest absolute Gasteiger partial charge is 0.494 e. The molecular weight excluding hydrogens is 282 g/mol. The smallest absolute Gasteiger partial charge is 0.257 e. The molecule has 0 aliphatic carbocycles. The minimum absolute atomic E-state index is 0.0185. The number of unbranched alkanes of at least 4 members (excludes halogenated alkanes) is 1. The highest BCUT2D eigenvalue weighted by atomic mass is 16.5. The van der Waals surface area contributed by atoms with E-state index in [-0.39, 0.29) is 12.5 Å². The van der Waals surface area contributed by atoms with Crippen LogP contribution in [0.1, 0.15) is 33.1 Å². The van der Waals surface area contributed by atoms with Crippen LogP contribution in [0.4, 0.5) is 0 Å². The summed E-state index contributed by atoms with van der Waals surface area (Å²) in [5, 5.41) is 2.81. The Bertz CT molecular complexity index is 406. The molecular formula is C17H27NO4. The summed E-state index contributed by atoms with van der Waals surface area (Å²) >= 11 is 0. The van der Waals surface area contributed by atoms with Crippen LogP contribution in [0.3, 0.4) is 0 Å². The number of nitrogens with one attached hydrogen (secondary N) is 1. The first kappa shape index (κ1) is 18.3. The van der Waals surface area contributed by atoms with Crippen LogP contribution in [0.25, 0.3) is 0 Å². The van der Waals surface area contributed by atoms with Gasteiger partial charge in [0.05, 0.1) is 6.61 Å². The number of ether oxygens (including phenoxy) is 3. The van der Waals surface area contributed by atoms with Gasteiger partial charge in [0, 0.05) is 19.8 Å². The standard InChI is InChI=1S/C17H27NO4/c1-3-5-12-20-13-6-11-18-17(19)14-22-16-9-7-15(8-10-16)21-4-2/h7-10H,3-6,11-14H2,1-2H3,(H,18,19). The van der Waals surface area contributed by atoms with Crippen molar-refractivity contribution < 1.29 is 19.0 Å². The Morgan fingerprint density at radius 3 is 2.27 bits per heavy atom. The molecule has 0 aliphatic rings. The molecule has 0 aromatic heterocycles. The topological polar surface area (TPSA) is 56.8 Å². The van der Waals surface area contributed by atoms with E-state index in [1.807, 2.05) is 19.1 Å². The Labute approximate surface area is 132 Å². The van der Waals surface area contributed by atoms with Crippen molar-refractivity contribution in [3.05, 3.63) is 24.3 Å². The number of hydrogen-bond donors (Lipinski definition) is 1. The highest BCUT2D eigenvalue weighted by Gasteiger charge is 2.02. The van der Waals surface area contributed by atoms with Gasteiger partial charge < -0.3 is 19.5 Å². The van der Waals surface area contributed by atoms with E-state index in [4.69, 9.17) is 14.2 Å². The molecule has 0 aliphatic heterocycles. The van der Waals surface area contributed by atoms with Gasteiger partial charge in [-0.15, -0.1) is 0 Å². The molecule has 0 heterocycles. The summed E-state index contributed by atoms with van der Waals surface area (Å²) in [6.45, 7) is 6.80. The predicted molar refractivity (Wildman–Crippen MR) is 86.5 cm³/mol. The zero-order valence-electron chi connectivity index (χ0n) is 13.6. The van der Waals surface area contributed by atoms with E-state index in [2.05, 4.69) is 12.2 Å². The molecule has 22 heavy (non-hydrogen) atoms. The number of benzene rings is 1. The van der Waals surface area contributed by atoms with Crippen LogP contribution in [0.2, 0.25) is 0 Å². The van der Waals surface area contributed by atoms with Gasteiger partial charge in [0.2, 0.25) is 0 Å². The van der Waals surface area contributed by atoms with Crippen molar-refractivity contribution in [1.82, 2.24) is 5.32 Å². The Hall–Kier alpha value is -1.75. The fraction of sp³-hybridized carbons (Fsp3) is 0.588. The van der Waals surface area contributed by atoms with Crippen molar-refractivity contribution in [2.24, 2.45) is 0 Å². The van der Waals surface area contributed by atoms with E-state index >= 15 is 0 Å². The van der Waals surface area contributed by atoms with Gasteiger partial charge in [-0.3, -0.25) is 4.79 Å². The normalized spacial score (nSPS) is 10.3. The molecule has 0 fully saturated rings. The third-order valence-corrected chi connectivity index (χ3v) is 2.93. The van der Waals surface area contributed by atoms with E-state index in [1.54, 1.807) is 12.1 Å². The van der Waals surface area contributed by atoms with Crippen LogP contribution in [-0.4, -0.2) is 38.9 Å². The second-order valence-corrected chi connectivity index (χ2v) is 4.86. The SMILES string of the molecule is CCCCOCCCNC(=O)COc1ccc(OCC)cc1. The molecule has 1 N–H and O–H groups in total. The van der Waals surface area contributed by atoms with Gasteiger partial charge in [-0.2, -0.15) is 0 Å². The van der Waals surface area contributed by atoms with Gasteiger partial charge in [0.15, 0.2) is 6.61 Å². The molecule has 1 aromatic carbocycles. The number of carbonyl (C=O) groups is 1. The molecule has 1 aromatic rings. The maximum atomic E-state index is 11.6. The fourth-order valence-electron chi connectivity index (χ4n) is 1.75. The molecule has 0 atom stereocenters. The molecule has 5 heteroatoms. The van der Waals surface area contributed by atoms with Crippen molar-refractivity contribution in [3.63, 3.8) is 0 Å². The van der Waals surface area contributed by atoms with Crippen molar-refractivity contribution in [1.29, 1.82) is 0 Å². The lowest BCUT2D eigenvalue weighted by molar-refractivity contribution is -0.123. The molecule has 0 saturated carbocycles. The van der Waals surface area contributed by atoms with Crippen LogP contribution in [0, 0.1) is 0 Å². The lowest BCUT2D eigenvalue weighted by atomic mass is 10.3.